The molecule has 5 rings (SSSR count). The van der Waals surface area contributed by atoms with Crippen molar-refractivity contribution in [1.29, 1.82) is 5.26 Å². The minimum atomic E-state index is -0.617. The number of nitrogens with one attached hydrogen (secondary N) is 2. The van der Waals surface area contributed by atoms with Crippen LogP contribution in [0.4, 0.5) is 11.6 Å². The van der Waals surface area contributed by atoms with Crippen molar-refractivity contribution in [3.63, 3.8) is 0 Å². The van der Waals surface area contributed by atoms with Gasteiger partial charge in [-0.2, -0.15) is 5.26 Å². The molecule has 1 aliphatic heterocycles. The molecule has 3 aromatic rings. The Morgan fingerprint density at radius 3 is 2.62 bits per heavy atom. The standard InChI is InChI=1S/C15H19N5OS.C12H14N4O/c16-6-10-20-8-4-15(11-21,5-9-20)14-17-7-3-13(18-14)19-22-12-1-2-12;1-3-17-12-8-14-7-10(16-12)9-4-5-11(13-2)15-6-9/h3,7,11-12H,1-2,4-5,8-10H2,(H,17,18,19);4-8H,3H2,1-2H3,(H,13,15). The maximum atomic E-state index is 11.7. The number of piperidine rings is 1. The molecule has 0 spiro atoms. The molecule has 1 aliphatic carbocycles. The molecule has 1 saturated carbocycles. The molecule has 2 N–H and O–H groups in total. The lowest BCUT2D eigenvalue weighted by Gasteiger charge is -2.36. The molecular formula is C27H33N9O2S. The maximum Gasteiger partial charge on any atom is 0.232 e. The molecule has 12 heteroatoms. The molecule has 39 heavy (non-hydrogen) atoms. The quantitative estimate of drug-likeness (QED) is 0.217. The van der Waals surface area contributed by atoms with Crippen molar-refractivity contribution in [3.8, 4) is 23.2 Å². The largest absolute Gasteiger partial charge is 0.477 e. The van der Waals surface area contributed by atoms with Gasteiger partial charge in [0.05, 0.1) is 42.7 Å². The highest BCUT2D eigenvalue weighted by atomic mass is 32.2. The van der Waals surface area contributed by atoms with Gasteiger partial charge in [-0.05, 0) is 62.8 Å². The second-order valence-electron chi connectivity index (χ2n) is 9.25. The second kappa shape index (κ2) is 13.8. The van der Waals surface area contributed by atoms with Crippen molar-refractivity contribution in [1.82, 2.24) is 29.8 Å². The van der Waals surface area contributed by atoms with Crippen LogP contribution in [0.5, 0.6) is 5.88 Å². The third-order valence-corrected chi connectivity index (χ3v) is 7.58. The predicted molar refractivity (Wildman–Crippen MR) is 151 cm³/mol. The predicted octanol–water partition coefficient (Wildman–Crippen LogP) is 3.73. The molecule has 4 heterocycles. The third kappa shape index (κ3) is 7.84. The van der Waals surface area contributed by atoms with Crippen LogP contribution in [0.3, 0.4) is 0 Å². The summed E-state index contributed by atoms with van der Waals surface area (Å²) >= 11 is 1.69. The van der Waals surface area contributed by atoms with Gasteiger partial charge in [0.1, 0.15) is 23.7 Å². The summed E-state index contributed by atoms with van der Waals surface area (Å²) in [5, 5.41) is 12.4. The molecule has 0 aromatic carbocycles. The van der Waals surface area contributed by atoms with Crippen LogP contribution in [-0.4, -0.2) is 74.6 Å². The van der Waals surface area contributed by atoms with E-state index in [0.29, 0.717) is 42.9 Å². The van der Waals surface area contributed by atoms with Crippen LogP contribution in [0.15, 0.2) is 43.0 Å². The molecule has 1 saturated heterocycles. The maximum absolute atomic E-state index is 11.7. The summed E-state index contributed by atoms with van der Waals surface area (Å²) in [6.45, 7) is 4.36. The Balaban J connectivity index is 0.000000187. The number of ether oxygens (including phenoxy) is 1. The van der Waals surface area contributed by atoms with Gasteiger partial charge in [-0.25, -0.2) is 19.9 Å². The van der Waals surface area contributed by atoms with Gasteiger partial charge in [0.25, 0.3) is 0 Å². The fourth-order valence-electron chi connectivity index (χ4n) is 3.99. The normalized spacial score (nSPS) is 16.2. The summed E-state index contributed by atoms with van der Waals surface area (Å²) in [7, 11) is 1.83. The molecule has 204 valence electrons. The van der Waals surface area contributed by atoms with Gasteiger partial charge in [0, 0.05) is 43.3 Å². The molecule has 0 radical (unpaired) electrons. The van der Waals surface area contributed by atoms with Crippen molar-refractivity contribution < 1.29 is 9.53 Å². The fourth-order valence-corrected chi connectivity index (χ4v) is 4.76. The van der Waals surface area contributed by atoms with E-state index in [9.17, 15) is 4.79 Å². The number of aromatic nitrogens is 5. The van der Waals surface area contributed by atoms with Crippen molar-refractivity contribution in [2.24, 2.45) is 0 Å². The van der Waals surface area contributed by atoms with Crippen LogP contribution in [-0.2, 0) is 10.2 Å². The third-order valence-electron chi connectivity index (χ3n) is 6.44. The Morgan fingerprint density at radius 2 is 1.97 bits per heavy atom. The molecular weight excluding hydrogens is 514 g/mol. The molecule has 2 fully saturated rings. The lowest BCUT2D eigenvalue weighted by atomic mass is 9.79. The highest BCUT2D eigenvalue weighted by molar-refractivity contribution is 8.01. The first-order chi connectivity index (χ1) is 19.1. The molecule has 0 amide bonds. The first kappa shape index (κ1) is 28.2. The SMILES string of the molecule is CCOc1cncc(-c2ccc(NC)nc2)n1.N#CCN1CCC(C=O)(c2nccc(NSC3CC3)n2)CC1. The van der Waals surface area contributed by atoms with Crippen LogP contribution in [0.2, 0.25) is 0 Å². The summed E-state index contributed by atoms with van der Waals surface area (Å²) in [6, 6.07) is 7.83. The van der Waals surface area contributed by atoms with Crippen molar-refractivity contribution >= 4 is 29.9 Å². The number of pyridine rings is 1. The molecule has 2 aliphatic rings. The van der Waals surface area contributed by atoms with Gasteiger partial charge in [-0.3, -0.25) is 9.88 Å². The molecule has 0 atom stereocenters. The van der Waals surface area contributed by atoms with E-state index in [-0.39, 0.29) is 0 Å². The summed E-state index contributed by atoms with van der Waals surface area (Å²) < 4.78 is 8.56. The number of nitrogens with zero attached hydrogens (tertiary/aromatic N) is 7. The molecule has 3 aromatic heterocycles. The highest BCUT2D eigenvalue weighted by Gasteiger charge is 2.39. The van der Waals surface area contributed by atoms with E-state index >= 15 is 0 Å². The average Bonchev–Trinajstić information content (AvgIpc) is 3.83. The highest BCUT2D eigenvalue weighted by Crippen LogP contribution is 2.35. The van der Waals surface area contributed by atoms with E-state index in [4.69, 9.17) is 10.00 Å². The number of nitriles is 1. The van der Waals surface area contributed by atoms with Gasteiger partial charge in [-0.1, -0.05) is 0 Å². The minimum absolute atomic E-state index is 0.412. The van der Waals surface area contributed by atoms with Gasteiger partial charge >= 0.3 is 0 Å². The molecule has 0 bridgehead atoms. The molecule has 11 nitrogen and oxygen atoms in total. The van der Waals surface area contributed by atoms with E-state index in [1.54, 1.807) is 36.7 Å². The Bertz CT molecular complexity index is 1260. The van der Waals surface area contributed by atoms with Crippen LogP contribution in [0, 0.1) is 11.3 Å². The summed E-state index contributed by atoms with van der Waals surface area (Å²) in [5.74, 6) is 2.72. The number of carbonyl (C=O) groups is 1. The smallest absolute Gasteiger partial charge is 0.232 e. The van der Waals surface area contributed by atoms with Crippen molar-refractivity contribution in [2.75, 3.05) is 43.3 Å². The lowest BCUT2D eigenvalue weighted by molar-refractivity contribution is -0.114. The van der Waals surface area contributed by atoms with Crippen molar-refractivity contribution in [2.45, 2.75) is 43.3 Å². The lowest BCUT2D eigenvalue weighted by Crippen LogP contribution is -2.44. The van der Waals surface area contributed by atoms with Gasteiger partial charge < -0.3 is 19.6 Å². The van der Waals surface area contributed by atoms with E-state index in [2.05, 4.69) is 45.9 Å². The van der Waals surface area contributed by atoms with Crippen LogP contribution < -0.4 is 14.8 Å². The monoisotopic (exact) mass is 547 g/mol. The zero-order valence-electron chi connectivity index (χ0n) is 22.2. The Kier molecular flexibility index (Phi) is 9.99. The average molecular weight is 548 g/mol. The first-order valence-corrected chi connectivity index (χ1v) is 13.9. The Labute approximate surface area is 233 Å². The Hall–Kier alpha value is -3.82. The number of hydrogen-bond donors (Lipinski definition) is 2. The van der Waals surface area contributed by atoms with Gasteiger partial charge in [0.2, 0.25) is 5.88 Å². The number of aldehydes is 1. The molecule has 0 unspecified atom stereocenters. The zero-order valence-corrected chi connectivity index (χ0v) is 23.0. The van der Waals surface area contributed by atoms with Gasteiger partial charge in [-0.15, -0.1) is 0 Å². The zero-order chi connectivity index (χ0) is 27.5. The summed E-state index contributed by atoms with van der Waals surface area (Å²) in [6.07, 6.45) is 11.6. The van der Waals surface area contributed by atoms with E-state index in [1.807, 2.05) is 32.2 Å². The summed E-state index contributed by atoms with van der Waals surface area (Å²) in [4.78, 5) is 35.4. The van der Waals surface area contributed by atoms with E-state index in [0.717, 1.165) is 42.3 Å². The number of hydrogen-bond acceptors (Lipinski definition) is 12. The number of rotatable bonds is 10. The van der Waals surface area contributed by atoms with Gasteiger partial charge in [0.15, 0.2) is 0 Å². The summed E-state index contributed by atoms with van der Waals surface area (Å²) in [5.41, 5.74) is 1.05. The topological polar surface area (TPSA) is 142 Å². The number of likely N-dealkylation sites (tertiary alicyclic amines) is 1. The first-order valence-electron chi connectivity index (χ1n) is 13.0. The minimum Gasteiger partial charge on any atom is -0.477 e. The van der Waals surface area contributed by atoms with Crippen LogP contribution in [0.1, 0.15) is 38.4 Å². The van der Waals surface area contributed by atoms with Crippen molar-refractivity contribution in [3.05, 3.63) is 48.8 Å². The van der Waals surface area contributed by atoms with E-state index in [1.165, 1.54) is 12.8 Å². The second-order valence-corrected chi connectivity index (χ2v) is 10.4. The van der Waals surface area contributed by atoms with Crippen LogP contribution in [0.25, 0.3) is 11.3 Å². The number of anilines is 2. The fraction of sp³-hybridized carbons (Fsp3) is 0.444. The van der Waals surface area contributed by atoms with E-state index < -0.39 is 5.41 Å². The number of carbonyl (C=O) groups excluding carboxylic acids is 1. The van der Waals surface area contributed by atoms with Crippen LogP contribution >= 0.6 is 11.9 Å². The Morgan fingerprint density at radius 1 is 1.15 bits per heavy atom.